The Balaban J connectivity index is 1.64. The Morgan fingerprint density at radius 2 is 1.94 bits per heavy atom. The van der Waals surface area contributed by atoms with E-state index >= 15 is 0 Å². The van der Waals surface area contributed by atoms with Gasteiger partial charge in [0.1, 0.15) is 5.82 Å². The molecule has 1 aliphatic carbocycles. The number of aryl methyl sites for hydroxylation is 2. The first-order valence-electron chi connectivity index (χ1n) is 7.78. The minimum atomic E-state index is 0.984. The minimum absolute atomic E-state index is 0.984. The number of aromatic nitrogens is 3. The van der Waals surface area contributed by atoms with Gasteiger partial charge < -0.3 is 0 Å². The second kappa shape index (κ2) is 7.55. The van der Waals surface area contributed by atoms with Crippen LogP contribution in [-0.2, 0) is 12.8 Å². The van der Waals surface area contributed by atoms with E-state index in [1.54, 1.807) is 0 Å². The lowest BCUT2D eigenvalue weighted by molar-refractivity contribution is 0.332. The summed E-state index contributed by atoms with van der Waals surface area (Å²) in [5.41, 5.74) is 0. The van der Waals surface area contributed by atoms with Crippen molar-refractivity contribution in [1.29, 1.82) is 0 Å². The normalized spacial score (nSPS) is 17.2. The smallest absolute Gasteiger partial charge is 0.150 e. The molecule has 0 aromatic carbocycles. The first-order chi connectivity index (χ1) is 8.88. The zero-order valence-electron chi connectivity index (χ0n) is 11.7. The molecule has 1 aliphatic rings. The molecule has 0 atom stereocenters. The number of hydrogen-bond donors (Lipinski definition) is 1. The van der Waals surface area contributed by atoms with Crippen LogP contribution in [-0.4, -0.2) is 15.2 Å². The summed E-state index contributed by atoms with van der Waals surface area (Å²) in [6.07, 6.45) is 14.4. The summed E-state index contributed by atoms with van der Waals surface area (Å²) in [7, 11) is 0. The van der Waals surface area contributed by atoms with Crippen LogP contribution in [0.5, 0.6) is 0 Å². The zero-order valence-corrected chi connectivity index (χ0v) is 11.7. The maximum atomic E-state index is 4.56. The van der Waals surface area contributed by atoms with Crippen molar-refractivity contribution >= 4 is 0 Å². The van der Waals surface area contributed by atoms with Crippen LogP contribution < -0.4 is 0 Å². The molecule has 1 saturated carbocycles. The molecule has 0 spiro atoms. The second-order valence-electron chi connectivity index (χ2n) is 5.70. The van der Waals surface area contributed by atoms with Gasteiger partial charge in [0, 0.05) is 12.8 Å². The van der Waals surface area contributed by atoms with Crippen molar-refractivity contribution in [3.63, 3.8) is 0 Å². The van der Waals surface area contributed by atoms with Crippen LogP contribution in [0.2, 0.25) is 0 Å². The van der Waals surface area contributed by atoms with Gasteiger partial charge in [-0.15, -0.1) is 0 Å². The van der Waals surface area contributed by atoms with E-state index in [9.17, 15) is 0 Å². The van der Waals surface area contributed by atoms with Crippen molar-refractivity contribution < 1.29 is 0 Å². The molecule has 1 fully saturated rings. The number of rotatable bonds is 7. The molecule has 3 heteroatoms. The van der Waals surface area contributed by atoms with Crippen molar-refractivity contribution in [3.05, 3.63) is 11.6 Å². The van der Waals surface area contributed by atoms with E-state index in [4.69, 9.17) is 0 Å². The van der Waals surface area contributed by atoms with E-state index in [-0.39, 0.29) is 0 Å². The van der Waals surface area contributed by atoms with E-state index in [0.717, 1.165) is 30.4 Å². The van der Waals surface area contributed by atoms with Crippen LogP contribution in [0.25, 0.3) is 0 Å². The van der Waals surface area contributed by atoms with Crippen molar-refractivity contribution in [1.82, 2.24) is 15.2 Å². The Morgan fingerprint density at radius 1 is 1.11 bits per heavy atom. The van der Waals surface area contributed by atoms with Crippen LogP contribution in [0.15, 0.2) is 0 Å². The van der Waals surface area contributed by atoms with Crippen LogP contribution in [0, 0.1) is 5.92 Å². The van der Waals surface area contributed by atoms with Gasteiger partial charge in [-0.05, 0) is 18.8 Å². The number of nitrogens with one attached hydrogen (secondary N) is 1. The van der Waals surface area contributed by atoms with E-state index < -0.39 is 0 Å². The van der Waals surface area contributed by atoms with Crippen molar-refractivity contribution in [2.75, 3.05) is 0 Å². The van der Waals surface area contributed by atoms with E-state index in [1.807, 2.05) is 0 Å². The van der Waals surface area contributed by atoms with Gasteiger partial charge in [-0.25, -0.2) is 4.98 Å². The number of hydrogen-bond acceptors (Lipinski definition) is 2. The first kappa shape index (κ1) is 13.6. The average molecular weight is 249 g/mol. The van der Waals surface area contributed by atoms with Gasteiger partial charge in [0.15, 0.2) is 5.82 Å². The van der Waals surface area contributed by atoms with Gasteiger partial charge in [0.2, 0.25) is 0 Å². The summed E-state index contributed by atoms with van der Waals surface area (Å²) in [4.78, 5) is 4.56. The summed E-state index contributed by atoms with van der Waals surface area (Å²) < 4.78 is 0. The number of aromatic amines is 1. The van der Waals surface area contributed by atoms with E-state index in [2.05, 4.69) is 22.1 Å². The molecule has 102 valence electrons. The average Bonchev–Trinajstić information content (AvgIpc) is 2.85. The van der Waals surface area contributed by atoms with Crippen LogP contribution in [0.3, 0.4) is 0 Å². The monoisotopic (exact) mass is 249 g/mol. The molecule has 1 aromatic heterocycles. The molecule has 0 unspecified atom stereocenters. The third kappa shape index (κ3) is 4.43. The molecular formula is C15H27N3. The summed E-state index contributed by atoms with van der Waals surface area (Å²) in [6.45, 7) is 2.21. The second-order valence-corrected chi connectivity index (χ2v) is 5.70. The number of unbranched alkanes of at least 4 members (excludes halogenated alkanes) is 1. The van der Waals surface area contributed by atoms with Crippen molar-refractivity contribution in [3.8, 4) is 0 Å². The SMILES string of the molecule is CCCCc1nc(CCCC2CCCCC2)n[nH]1. The lowest BCUT2D eigenvalue weighted by Crippen LogP contribution is -2.06. The third-order valence-electron chi connectivity index (χ3n) is 4.08. The maximum absolute atomic E-state index is 4.56. The van der Waals surface area contributed by atoms with Gasteiger partial charge in [0.05, 0.1) is 0 Å². The molecule has 0 saturated heterocycles. The highest BCUT2D eigenvalue weighted by Gasteiger charge is 2.13. The summed E-state index contributed by atoms with van der Waals surface area (Å²) in [6, 6.07) is 0. The molecule has 1 aromatic rings. The Labute approximate surface area is 111 Å². The molecule has 0 aliphatic heterocycles. The van der Waals surface area contributed by atoms with Crippen LogP contribution in [0.4, 0.5) is 0 Å². The quantitative estimate of drug-likeness (QED) is 0.792. The molecule has 0 amide bonds. The predicted octanol–water partition coefficient (Wildman–Crippen LogP) is 4.05. The fourth-order valence-electron chi connectivity index (χ4n) is 2.93. The van der Waals surface area contributed by atoms with Crippen LogP contribution in [0.1, 0.15) is 76.4 Å². The van der Waals surface area contributed by atoms with Gasteiger partial charge in [-0.2, -0.15) is 5.10 Å². The lowest BCUT2D eigenvalue weighted by atomic mass is 9.86. The molecule has 2 rings (SSSR count). The summed E-state index contributed by atoms with van der Waals surface area (Å²) in [5, 5.41) is 7.38. The summed E-state index contributed by atoms with van der Waals surface area (Å²) >= 11 is 0. The molecule has 0 radical (unpaired) electrons. The molecule has 0 bridgehead atoms. The lowest BCUT2D eigenvalue weighted by Gasteiger charge is -2.20. The Hall–Kier alpha value is -0.860. The van der Waals surface area contributed by atoms with Gasteiger partial charge in [-0.1, -0.05) is 51.9 Å². The topological polar surface area (TPSA) is 41.6 Å². The van der Waals surface area contributed by atoms with Gasteiger partial charge in [0.25, 0.3) is 0 Å². The minimum Gasteiger partial charge on any atom is -0.263 e. The Kier molecular flexibility index (Phi) is 5.69. The maximum Gasteiger partial charge on any atom is 0.150 e. The summed E-state index contributed by atoms with van der Waals surface area (Å²) in [5.74, 6) is 3.08. The highest BCUT2D eigenvalue weighted by atomic mass is 15.2. The molecule has 3 nitrogen and oxygen atoms in total. The highest BCUT2D eigenvalue weighted by Crippen LogP contribution is 2.27. The van der Waals surface area contributed by atoms with E-state index in [0.29, 0.717) is 0 Å². The van der Waals surface area contributed by atoms with Crippen molar-refractivity contribution in [2.45, 2.75) is 77.6 Å². The fourth-order valence-corrected chi connectivity index (χ4v) is 2.93. The standard InChI is InChI=1S/C15H27N3/c1-2-3-11-14-16-15(18-17-14)12-7-10-13-8-5-4-6-9-13/h13H,2-12H2,1H3,(H,16,17,18). The molecule has 1 N–H and O–H groups in total. The fraction of sp³-hybridized carbons (Fsp3) is 0.867. The predicted molar refractivity (Wildman–Crippen MR) is 74.5 cm³/mol. The molecular weight excluding hydrogens is 222 g/mol. The van der Waals surface area contributed by atoms with Crippen molar-refractivity contribution in [2.24, 2.45) is 5.92 Å². The Bertz CT molecular complexity index is 326. The number of nitrogens with zero attached hydrogens (tertiary/aromatic N) is 2. The highest BCUT2D eigenvalue weighted by molar-refractivity contribution is 4.90. The molecule has 1 heterocycles. The first-order valence-corrected chi connectivity index (χ1v) is 7.78. The van der Waals surface area contributed by atoms with Gasteiger partial charge in [-0.3, -0.25) is 5.10 Å². The zero-order chi connectivity index (χ0) is 12.6. The Morgan fingerprint density at radius 3 is 2.72 bits per heavy atom. The van der Waals surface area contributed by atoms with Crippen LogP contribution >= 0.6 is 0 Å². The van der Waals surface area contributed by atoms with Gasteiger partial charge >= 0.3 is 0 Å². The third-order valence-corrected chi connectivity index (χ3v) is 4.08. The largest absolute Gasteiger partial charge is 0.263 e. The number of H-pyrrole nitrogens is 1. The van der Waals surface area contributed by atoms with E-state index in [1.165, 1.54) is 57.8 Å². The molecule has 18 heavy (non-hydrogen) atoms.